The Morgan fingerprint density at radius 3 is 2.14 bits per heavy atom. The molecule has 0 atom stereocenters. The van der Waals surface area contributed by atoms with Crippen molar-refractivity contribution in [1.82, 2.24) is 9.13 Å². The summed E-state index contributed by atoms with van der Waals surface area (Å²) in [5.74, 6) is 1.75. The van der Waals surface area contributed by atoms with Crippen molar-refractivity contribution < 1.29 is 4.74 Å². The summed E-state index contributed by atoms with van der Waals surface area (Å²) in [5.41, 5.74) is 6.56. The van der Waals surface area contributed by atoms with Crippen LogP contribution in [0.25, 0.3) is 5.69 Å². The summed E-state index contributed by atoms with van der Waals surface area (Å²) in [6, 6.07) is 12.8. The fraction of sp³-hybridized carbons (Fsp3) is 0.400. The molecule has 1 aromatic heterocycles. The SMILES string of the molecule is COc1c(C)cccc1CCn1ccn(-c2c(C(C)C)cccc2C(C)C)c1=N. The summed E-state index contributed by atoms with van der Waals surface area (Å²) in [4.78, 5) is 0. The minimum absolute atomic E-state index is 0.399. The van der Waals surface area contributed by atoms with Gasteiger partial charge >= 0.3 is 0 Å². The minimum atomic E-state index is 0.399. The fourth-order valence-corrected chi connectivity index (χ4v) is 4.02. The first kappa shape index (κ1) is 21.0. The highest BCUT2D eigenvalue weighted by atomic mass is 16.5. The van der Waals surface area contributed by atoms with Gasteiger partial charge in [-0.2, -0.15) is 0 Å². The average molecular weight is 392 g/mol. The van der Waals surface area contributed by atoms with E-state index < -0.39 is 0 Å². The number of hydrogen-bond acceptors (Lipinski definition) is 2. The Morgan fingerprint density at radius 1 is 0.931 bits per heavy atom. The lowest BCUT2D eigenvalue weighted by atomic mass is 9.92. The van der Waals surface area contributed by atoms with Gasteiger partial charge in [0.15, 0.2) is 0 Å². The molecule has 4 nitrogen and oxygen atoms in total. The van der Waals surface area contributed by atoms with Gasteiger partial charge in [0.25, 0.3) is 0 Å². The second-order valence-corrected chi connectivity index (χ2v) is 8.30. The lowest BCUT2D eigenvalue weighted by Gasteiger charge is -2.20. The van der Waals surface area contributed by atoms with E-state index in [0.717, 1.165) is 30.0 Å². The molecular weight excluding hydrogens is 358 g/mol. The first-order chi connectivity index (χ1) is 13.8. The third-order valence-electron chi connectivity index (χ3n) is 5.60. The maximum atomic E-state index is 8.84. The summed E-state index contributed by atoms with van der Waals surface area (Å²) in [5, 5.41) is 8.84. The normalized spacial score (nSPS) is 11.4. The quantitative estimate of drug-likeness (QED) is 0.562. The second kappa shape index (κ2) is 8.73. The molecular formula is C25H33N3O. The van der Waals surface area contributed by atoms with Crippen molar-refractivity contribution in [1.29, 1.82) is 5.41 Å². The number of nitrogens with one attached hydrogen (secondary N) is 1. The fourth-order valence-electron chi connectivity index (χ4n) is 4.02. The van der Waals surface area contributed by atoms with Gasteiger partial charge < -0.3 is 9.30 Å². The molecule has 154 valence electrons. The van der Waals surface area contributed by atoms with E-state index in [2.05, 4.69) is 71.0 Å². The Hall–Kier alpha value is -2.75. The molecule has 0 saturated heterocycles. The summed E-state index contributed by atoms with van der Waals surface area (Å²) in [6.07, 6.45) is 4.88. The van der Waals surface area contributed by atoms with E-state index in [4.69, 9.17) is 10.1 Å². The van der Waals surface area contributed by atoms with E-state index in [1.807, 2.05) is 21.5 Å². The van der Waals surface area contributed by atoms with E-state index in [1.165, 1.54) is 16.7 Å². The largest absolute Gasteiger partial charge is 0.496 e. The maximum Gasteiger partial charge on any atom is 0.206 e. The Balaban J connectivity index is 1.98. The highest BCUT2D eigenvalue weighted by Crippen LogP contribution is 2.30. The molecule has 0 spiro atoms. The Bertz CT molecular complexity index is 1010. The molecule has 0 amide bonds. The highest BCUT2D eigenvalue weighted by Gasteiger charge is 2.17. The number of aromatic nitrogens is 2. The number of benzene rings is 2. The van der Waals surface area contributed by atoms with Gasteiger partial charge in [0, 0.05) is 18.9 Å². The molecule has 29 heavy (non-hydrogen) atoms. The zero-order valence-electron chi connectivity index (χ0n) is 18.5. The number of nitrogens with zero attached hydrogens (tertiary/aromatic N) is 2. The van der Waals surface area contributed by atoms with Crippen LogP contribution in [0.15, 0.2) is 48.8 Å². The number of hydrogen-bond donors (Lipinski definition) is 1. The van der Waals surface area contributed by atoms with Gasteiger partial charge in [-0.3, -0.25) is 9.98 Å². The van der Waals surface area contributed by atoms with E-state index in [0.29, 0.717) is 17.5 Å². The molecule has 0 aliphatic heterocycles. The van der Waals surface area contributed by atoms with Gasteiger partial charge in [0.2, 0.25) is 5.62 Å². The molecule has 0 aliphatic carbocycles. The zero-order valence-corrected chi connectivity index (χ0v) is 18.5. The molecule has 0 radical (unpaired) electrons. The smallest absolute Gasteiger partial charge is 0.206 e. The molecule has 1 N–H and O–H groups in total. The predicted octanol–water partition coefficient (Wildman–Crippen LogP) is 5.56. The van der Waals surface area contributed by atoms with E-state index >= 15 is 0 Å². The monoisotopic (exact) mass is 391 g/mol. The molecule has 0 unspecified atom stereocenters. The average Bonchev–Trinajstić information content (AvgIpc) is 3.05. The van der Waals surface area contributed by atoms with Gasteiger partial charge in [0.1, 0.15) is 5.75 Å². The number of rotatable bonds is 7. The minimum Gasteiger partial charge on any atom is -0.496 e. The van der Waals surface area contributed by atoms with Crippen molar-refractivity contribution in [2.75, 3.05) is 7.11 Å². The van der Waals surface area contributed by atoms with Gasteiger partial charge in [-0.15, -0.1) is 0 Å². The Morgan fingerprint density at radius 2 is 1.55 bits per heavy atom. The van der Waals surface area contributed by atoms with Crippen molar-refractivity contribution in [3.05, 3.63) is 76.7 Å². The number of ether oxygens (including phenoxy) is 1. The molecule has 2 aromatic carbocycles. The van der Waals surface area contributed by atoms with E-state index in [1.54, 1.807) is 7.11 Å². The Labute approximate surface area is 174 Å². The van der Waals surface area contributed by atoms with Crippen molar-refractivity contribution in [3.63, 3.8) is 0 Å². The number of para-hydroxylation sites is 2. The Kier molecular flexibility index (Phi) is 6.31. The number of imidazole rings is 1. The van der Waals surface area contributed by atoms with Crippen molar-refractivity contribution in [2.24, 2.45) is 0 Å². The van der Waals surface area contributed by atoms with Crippen molar-refractivity contribution in [2.45, 2.75) is 59.4 Å². The van der Waals surface area contributed by atoms with Gasteiger partial charge in [-0.05, 0) is 47.4 Å². The molecule has 0 aliphatic rings. The maximum absolute atomic E-state index is 8.84. The summed E-state index contributed by atoms with van der Waals surface area (Å²) in [6.45, 7) is 11.7. The van der Waals surface area contributed by atoms with Crippen LogP contribution in [-0.4, -0.2) is 16.2 Å². The summed E-state index contributed by atoms with van der Waals surface area (Å²) in [7, 11) is 1.72. The third-order valence-corrected chi connectivity index (χ3v) is 5.60. The topological polar surface area (TPSA) is 42.9 Å². The molecule has 0 saturated carbocycles. The van der Waals surface area contributed by atoms with Crippen LogP contribution < -0.4 is 10.4 Å². The lowest BCUT2D eigenvalue weighted by molar-refractivity contribution is 0.405. The standard InChI is InChI=1S/C25H33N3O/c1-17(2)21-11-8-12-22(18(3)4)23(21)28-16-15-27(25(28)26)14-13-20-10-7-9-19(5)24(20)29-6/h7-12,15-18,26H,13-14H2,1-6H3. The van der Waals surface area contributed by atoms with Crippen molar-refractivity contribution in [3.8, 4) is 11.4 Å². The van der Waals surface area contributed by atoms with E-state index in [-0.39, 0.29) is 0 Å². The highest BCUT2D eigenvalue weighted by molar-refractivity contribution is 5.51. The predicted molar refractivity (Wildman–Crippen MR) is 119 cm³/mol. The first-order valence-electron chi connectivity index (χ1n) is 10.4. The second-order valence-electron chi connectivity index (χ2n) is 8.30. The van der Waals surface area contributed by atoms with Crippen LogP contribution in [0, 0.1) is 12.3 Å². The number of aryl methyl sites for hydroxylation is 3. The van der Waals surface area contributed by atoms with Crippen LogP contribution in [0.5, 0.6) is 5.75 Å². The van der Waals surface area contributed by atoms with Crippen LogP contribution in [0.1, 0.15) is 61.8 Å². The molecule has 0 bridgehead atoms. The number of methoxy groups -OCH3 is 1. The van der Waals surface area contributed by atoms with Crippen LogP contribution in [0.2, 0.25) is 0 Å². The van der Waals surface area contributed by atoms with Crippen LogP contribution in [0.4, 0.5) is 0 Å². The summed E-state index contributed by atoms with van der Waals surface area (Å²) >= 11 is 0. The van der Waals surface area contributed by atoms with Crippen molar-refractivity contribution >= 4 is 0 Å². The van der Waals surface area contributed by atoms with Crippen LogP contribution in [0.3, 0.4) is 0 Å². The van der Waals surface area contributed by atoms with Gasteiger partial charge in [-0.25, -0.2) is 0 Å². The summed E-state index contributed by atoms with van der Waals surface area (Å²) < 4.78 is 9.65. The van der Waals surface area contributed by atoms with Gasteiger partial charge in [0.05, 0.1) is 12.8 Å². The van der Waals surface area contributed by atoms with Gasteiger partial charge in [-0.1, -0.05) is 64.1 Å². The molecule has 4 heteroatoms. The lowest BCUT2D eigenvalue weighted by Crippen LogP contribution is -2.25. The molecule has 3 aromatic rings. The zero-order chi connectivity index (χ0) is 21.1. The van der Waals surface area contributed by atoms with Crippen LogP contribution >= 0.6 is 0 Å². The van der Waals surface area contributed by atoms with Crippen LogP contribution in [-0.2, 0) is 13.0 Å². The molecule has 0 fully saturated rings. The third kappa shape index (κ3) is 4.16. The van der Waals surface area contributed by atoms with E-state index in [9.17, 15) is 0 Å². The first-order valence-corrected chi connectivity index (χ1v) is 10.4. The molecule has 3 rings (SSSR count). The molecule has 1 heterocycles.